The Bertz CT molecular complexity index is 828. The molecule has 0 aromatic heterocycles. The first kappa shape index (κ1) is 19.8. The molecule has 0 fully saturated rings. The lowest BCUT2D eigenvalue weighted by atomic mass is 10.1. The molecule has 132 valence electrons. The van der Waals surface area contributed by atoms with Gasteiger partial charge in [0.25, 0.3) is 5.91 Å². The number of anilines is 2. The molecule has 0 saturated heterocycles. The normalized spacial score (nSPS) is 10.3. The Kier molecular flexibility index (Phi) is 6.92. The molecule has 0 unspecified atom stereocenters. The highest BCUT2D eigenvalue weighted by Crippen LogP contribution is 2.31. The molecule has 5 nitrogen and oxygen atoms in total. The number of hydrogen-bond donors (Lipinski definition) is 2. The molecule has 0 aliphatic heterocycles. The van der Waals surface area contributed by atoms with Crippen molar-refractivity contribution in [3.8, 4) is 5.75 Å². The summed E-state index contributed by atoms with van der Waals surface area (Å²) in [5.41, 5.74) is 1.20. The average molecular weight is 493 g/mol. The van der Waals surface area contributed by atoms with Crippen LogP contribution >= 0.6 is 45.8 Å². The van der Waals surface area contributed by atoms with Crippen molar-refractivity contribution < 1.29 is 14.3 Å². The molecule has 0 heterocycles. The van der Waals surface area contributed by atoms with E-state index in [4.69, 9.17) is 27.9 Å². The molecule has 0 atom stereocenters. The molecule has 2 rings (SSSR count). The van der Waals surface area contributed by atoms with Crippen LogP contribution in [0.5, 0.6) is 5.75 Å². The minimum Gasteiger partial charge on any atom is -0.496 e. The van der Waals surface area contributed by atoms with E-state index in [0.29, 0.717) is 33.6 Å². The first-order valence-corrected chi connectivity index (χ1v) is 9.13. The highest BCUT2D eigenvalue weighted by atomic mass is 127. The fourth-order valence-corrected chi connectivity index (χ4v) is 2.78. The second kappa shape index (κ2) is 8.73. The van der Waals surface area contributed by atoms with Crippen LogP contribution in [0, 0.1) is 3.57 Å². The van der Waals surface area contributed by atoms with Crippen LogP contribution in [0.15, 0.2) is 30.3 Å². The van der Waals surface area contributed by atoms with Crippen LogP contribution in [-0.2, 0) is 4.79 Å². The van der Waals surface area contributed by atoms with Gasteiger partial charge in [0.05, 0.1) is 28.4 Å². The Hall–Kier alpha value is -1.51. The Morgan fingerprint density at radius 3 is 2.48 bits per heavy atom. The lowest BCUT2D eigenvalue weighted by Crippen LogP contribution is -2.15. The average Bonchev–Trinajstić information content (AvgIpc) is 2.59. The fraction of sp³-hybridized carbons (Fsp3) is 0.176. The van der Waals surface area contributed by atoms with Crippen molar-refractivity contribution in [3.63, 3.8) is 0 Å². The van der Waals surface area contributed by atoms with Gasteiger partial charge >= 0.3 is 0 Å². The van der Waals surface area contributed by atoms with E-state index in [2.05, 4.69) is 33.2 Å². The van der Waals surface area contributed by atoms with Gasteiger partial charge in [-0.05, 0) is 52.9 Å². The van der Waals surface area contributed by atoms with Gasteiger partial charge in [0.15, 0.2) is 0 Å². The summed E-state index contributed by atoms with van der Waals surface area (Å²) < 4.78 is 6.02. The number of rotatable bonds is 5. The predicted molar refractivity (Wildman–Crippen MR) is 109 cm³/mol. The third kappa shape index (κ3) is 4.99. The van der Waals surface area contributed by atoms with Crippen LogP contribution in [0.1, 0.15) is 23.7 Å². The second-order valence-corrected chi connectivity index (χ2v) is 6.99. The Labute approximate surface area is 169 Å². The summed E-state index contributed by atoms with van der Waals surface area (Å²) in [6, 6.07) is 8.06. The summed E-state index contributed by atoms with van der Waals surface area (Å²) in [5, 5.41) is 6.22. The van der Waals surface area contributed by atoms with E-state index in [-0.39, 0.29) is 11.5 Å². The number of halogens is 3. The minimum absolute atomic E-state index is 0.134. The molecule has 0 saturated carbocycles. The number of carbonyl (C=O) groups is 2. The van der Waals surface area contributed by atoms with E-state index in [1.165, 1.54) is 13.2 Å². The monoisotopic (exact) mass is 492 g/mol. The van der Waals surface area contributed by atoms with Crippen molar-refractivity contribution in [1.29, 1.82) is 0 Å². The van der Waals surface area contributed by atoms with Gasteiger partial charge in [-0.2, -0.15) is 0 Å². The van der Waals surface area contributed by atoms with Crippen molar-refractivity contribution in [1.82, 2.24) is 0 Å². The summed E-state index contributed by atoms with van der Waals surface area (Å²) in [5.74, 6) is -0.153. The predicted octanol–water partition coefficient (Wildman–Crippen LogP) is 5.21. The summed E-state index contributed by atoms with van der Waals surface area (Å²) in [6.45, 7) is 1.75. The van der Waals surface area contributed by atoms with E-state index < -0.39 is 5.91 Å². The first-order chi connectivity index (χ1) is 11.8. The molecule has 0 aliphatic carbocycles. The quantitative estimate of drug-likeness (QED) is 0.563. The smallest absolute Gasteiger partial charge is 0.259 e. The van der Waals surface area contributed by atoms with Crippen LogP contribution in [-0.4, -0.2) is 18.9 Å². The fourth-order valence-electron chi connectivity index (χ4n) is 2.01. The highest BCUT2D eigenvalue weighted by Gasteiger charge is 2.17. The number of nitrogens with one attached hydrogen (secondary N) is 2. The Balaban J connectivity index is 2.30. The molecule has 8 heteroatoms. The third-order valence-corrected chi connectivity index (χ3v) is 5.16. The summed E-state index contributed by atoms with van der Waals surface area (Å²) in [4.78, 5) is 24.1. The van der Waals surface area contributed by atoms with Crippen LogP contribution in [0.2, 0.25) is 10.0 Å². The van der Waals surface area contributed by atoms with Crippen LogP contribution in [0.4, 0.5) is 11.4 Å². The van der Waals surface area contributed by atoms with Gasteiger partial charge in [0, 0.05) is 15.7 Å². The van der Waals surface area contributed by atoms with E-state index >= 15 is 0 Å². The lowest BCUT2D eigenvalue weighted by molar-refractivity contribution is -0.115. The van der Waals surface area contributed by atoms with Crippen molar-refractivity contribution in [2.75, 3.05) is 17.7 Å². The molecule has 0 aliphatic rings. The molecule has 2 N–H and O–H groups in total. The van der Waals surface area contributed by atoms with Crippen molar-refractivity contribution in [3.05, 3.63) is 49.5 Å². The maximum absolute atomic E-state index is 12.6. The van der Waals surface area contributed by atoms with E-state index in [1.54, 1.807) is 31.2 Å². The summed E-state index contributed by atoms with van der Waals surface area (Å²) >= 11 is 14.3. The van der Waals surface area contributed by atoms with Gasteiger partial charge in [0.2, 0.25) is 5.91 Å². The Morgan fingerprint density at radius 2 is 1.84 bits per heavy atom. The topological polar surface area (TPSA) is 67.4 Å². The van der Waals surface area contributed by atoms with Crippen LogP contribution in [0.25, 0.3) is 0 Å². The van der Waals surface area contributed by atoms with Crippen molar-refractivity contribution in [2.24, 2.45) is 0 Å². The van der Waals surface area contributed by atoms with E-state index in [0.717, 1.165) is 3.57 Å². The minimum atomic E-state index is -0.420. The SMILES string of the molecule is CCC(=O)Nc1ccc(Cl)c(NC(=O)c2cc(Cl)c(I)cc2OC)c1. The van der Waals surface area contributed by atoms with Gasteiger partial charge < -0.3 is 15.4 Å². The zero-order valence-corrected chi connectivity index (χ0v) is 17.1. The highest BCUT2D eigenvalue weighted by molar-refractivity contribution is 14.1. The lowest BCUT2D eigenvalue weighted by Gasteiger charge is -2.13. The van der Waals surface area contributed by atoms with E-state index in [1.807, 2.05) is 0 Å². The summed E-state index contributed by atoms with van der Waals surface area (Å²) in [7, 11) is 1.48. The zero-order chi connectivity index (χ0) is 18.6. The van der Waals surface area contributed by atoms with E-state index in [9.17, 15) is 9.59 Å². The molecule has 0 radical (unpaired) electrons. The molecular formula is C17H15Cl2IN2O3. The Morgan fingerprint density at radius 1 is 1.12 bits per heavy atom. The standard InChI is InChI=1S/C17H15Cl2IN2O3/c1-3-16(23)21-9-4-5-11(18)14(6-9)22-17(24)10-7-12(19)13(20)8-15(10)25-2/h4-8H,3H2,1-2H3,(H,21,23)(H,22,24). The second-order valence-electron chi connectivity index (χ2n) is 5.02. The molecule has 2 amide bonds. The number of hydrogen-bond acceptors (Lipinski definition) is 3. The van der Waals surface area contributed by atoms with Gasteiger partial charge in [-0.15, -0.1) is 0 Å². The molecule has 2 aromatic rings. The van der Waals surface area contributed by atoms with Gasteiger partial charge in [-0.3, -0.25) is 9.59 Å². The first-order valence-electron chi connectivity index (χ1n) is 7.29. The largest absolute Gasteiger partial charge is 0.496 e. The molecule has 0 spiro atoms. The number of methoxy groups -OCH3 is 1. The van der Waals surface area contributed by atoms with Gasteiger partial charge in [-0.25, -0.2) is 0 Å². The van der Waals surface area contributed by atoms with Gasteiger partial charge in [-0.1, -0.05) is 30.1 Å². The number of carbonyl (C=O) groups excluding carboxylic acids is 2. The molecule has 2 aromatic carbocycles. The van der Waals surface area contributed by atoms with Crippen LogP contribution in [0.3, 0.4) is 0 Å². The maximum Gasteiger partial charge on any atom is 0.259 e. The molecule has 0 bridgehead atoms. The number of ether oxygens (including phenoxy) is 1. The molecular weight excluding hydrogens is 478 g/mol. The third-order valence-electron chi connectivity index (χ3n) is 3.31. The number of amides is 2. The van der Waals surface area contributed by atoms with Crippen LogP contribution < -0.4 is 15.4 Å². The zero-order valence-electron chi connectivity index (χ0n) is 13.5. The van der Waals surface area contributed by atoms with Crippen molar-refractivity contribution in [2.45, 2.75) is 13.3 Å². The molecule has 25 heavy (non-hydrogen) atoms. The van der Waals surface area contributed by atoms with Crippen molar-refractivity contribution >= 4 is 69.0 Å². The number of benzene rings is 2. The van der Waals surface area contributed by atoms with Gasteiger partial charge in [0.1, 0.15) is 5.75 Å². The summed E-state index contributed by atoms with van der Waals surface area (Å²) in [6.07, 6.45) is 0.350. The maximum atomic E-state index is 12.6.